The maximum atomic E-state index is 12.1. The molecule has 0 bridgehead atoms. The van der Waals surface area contributed by atoms with E-state index < -0.39 is 0 Å². The van der Waals surface area contributed by atoms with E-state index in [1.165, 1.54) is 18.4 Å². The van der Waals surface area contributed by atoms with Gasteiger partial charge in [0.15, 0.2) is 11.5 Å². The van der Waals surface area contributed by atoms with E-state index in [4.69, 9.17) is 14.2 Å². The number of ether oxygens (including phenoxy) is 3. The van der Waals surface area contributed by atoms with Crippen LogP contribution in [0.1, 0.15) is 24.8 Å². The first kappa shape index (κ1) is 21.3. The lowest BCUT2D eigenvalue weighted by Crippen LogP contribution is -2.37. The maximum Gasteiger partial charge on any atom is 0.319 e. The Kier molecular flexibility index (Phi) is 7.14. The highest BCUT2D eigenvalue weighted by atomic mass is 16.7. The van der Waals surface area contributed by atoms with Gasteiger partial charge in [0.1, 0.15) is 5.75 Å². The first-order valence-electron chi connectivity index (χ1n) is 11.0. The lowest BCUT2D eigenvalue weighted by atomic mass is 9.90. The van der Waals surface area contributed by atoms with Gasteiger partial charge in [-0.25, -0.2) is 4.79 Å². The van der Waals surface area contributed by atoms with Gasteiger partial charge in [0, 0.05) is 18.3 Å². The smallest absolute Gasteiger partial charge is 0.319 e. The van der Waals surface area contributed by atoms with Gasteiger partial charge in [-0.05, 0) is 81.1 Å². The fourth-order valence-corrected chi connectivity index (χ4v) is 4.20. The second-order valence-corrected chi connectivity index (χ2v) is 8.14. The number of carbonyl (C=O) groups excluding carboxylic acids is 1. The van der Waals surface area contributed by atoms with Crippen LogP contribution in [0.3, 0.4) is 0 Å². The van der Waals surface area contributed by atoms with Crippen molar-refractivity contribution in [1.82, 2.24) is 10.2 Å². The number of rotatable bonds is 8. The summed E-state index contributed by atoms with van der Waals surface area (Å²) in [6, 6.07) is 13.5. The fraction of sp³-hybridized carbons (Fsp3) is 0.458. The molecule has 2 aromatic carbocycles. The summed E-state index contributed by atoms with van der Waals surface area (Å²) in [6.45, 7) is 4.23. The van der Waals surface area contributed by atoms with Gasteiger partial charge >= 0.3 is 6.03 Å². The Hall–Kier alpha value is -2.93. The number of anilines is 1. The minimum Gasteiger partial charge on any atom is -0.497 e. The maximum absolute atomic E-state index is 12.1. The Bertz CT molecular complexity index is 881. The standard InChI is InChI=1S/C24H31N3O4/c1-29-21-5-2-4-20(16-21)26-24(28)25-10-3-11-27-12-8-18(9-13-27)14-19-6-7-22-23(15-19)31-17-30-22/h2,4-7,15-16,18H,3,8-14,17H2,1H3,(H2,25,26,28). The van der Waals surface area contributed by atoms with Gasteiger partial charge in [0.25, 0.3) is 0 Å². The zero-order valence-corrected chi connectivity index (χ0v) is 18.1. The van der Waals surface area contributed by atoms with Gasteiger partial charge in [0.2, 0.25) is 6.79 Å². The highest BCUT2D eigenvalue weighted by molar-refractivity contribution is 5.89. The number of hydrogen-bond donors (Lipinski definition) is 2. The largest absolute Gasteiger partial charge is 0.497 e. The van der Waals surface area contributed by atoms with E-state index in [0.29, 0.717) is 19.3 Å². The van der Waals surface area contributed by atoms with Crippen LogP contribution in [-0.2, 0) is 6.42 Å². The second kappa shape index (κ2) is 10.4. The summed E-state index contributed by atoms with van der Waals surface area (Å²) >= 11 is 0. The average molecular weight is 426 g/mol. The predicted molar refractivity (Wildman–Crippen MR) is 120 cm³/mol. The Morgan fingerprint density at radius 2 is 1.97 bits per heavy atom. The van der Waals surface area contributed by atoms with Crippen LogP contribution in [0.5, 0.6) is 17.2 Å². The highest BCUT2D eigenvalue weighted by Crippen LogP contribution is 2.34. The number of piperidine rings is 1. The molecule has 1 fully saturated rings. The third-order valence-electron chi connectivity index (χ3n) is 5.93. The zero-order valence-electron chi connectivity index (χ0n) is 18.1. The topological polar surface area (TPSA) is 72.1 Å². The summed E-state index contributed by atoms with van der Waals surface area (Å²) in [5.41, 5.74) is 2.05. The summed E-state index contributed by atoms with van der Waals surface area (Å²) in [5, 5.41) is 5.77. The van der Waals surface area contributed by atoms with E-state index in [1.807, 2.05) is 24.3 Å². The normalized spacial score (nSPS) is 16.2. The van der Waals surface area contributed by atoms with Crippen molar-refractivity contribution in [2.24, 2.45) is 5.92 Å². The number of benzene rings is 2. The summed E-state index contributed by atoms with van der Waals surface area (Å²) in [7, 11) is 1.61. The molecule has 31 heavy (non-hydrogen) atoms. The first-order valence-corrected chi connectivity index (χ1v) is 11.0. The average Bonchev–Trinajstić information content (AvgIpc) is 3.26. The molecule has 0 aliphatic carbocycles. The Morgan fingerprint density at radius 3 is 2.81 bits per heavy atom. The molecule has 0 atom stereocenters. The van der Waals surface area contributed by atoms with Gasteiger partial charge < -0.3 is 29.7 Å². The summed E-state index contributed by atoms with van der Waals surface area (Å²) < 4.78 is 16.1. The Labute approximate surface area is 183 Å². The number of carbonyl (C=O) groups is 1. The minimum atomic E-state index is -0.185. The van der Waals surface area contributed by atoms with Crippen LogP contribution in [0.2, 0.25) is 0 Å². The van der Waals surface area contributed by atoms with Crippen molar-refractivity contribution in [2.45, 2.75) is 25.7 Å². The molecule has 2 aliphatic rings. The molecule has 2 N–H and O–H groups in total. The number of hydrogen-bond acceptors (Lipinski definition) is 5. The van der Waals surface area contributed by atoms with Crippen LogP contribution in [0.25, 0.3) is 0 Å². The SMILES string of the molecule is COc1cccc(NC(=O)NCCCN2CCC(Cc3ccc4c(c3)OCO4)CC2)c1. The molecule has 2 amide bonds. The van der Waals surface area contributed by atoms with Gasteiger partial charge in [-0.3, -0.25) is 0 Å². The third kappa shape index (κ3) is 6.04. The number of fused-ring (bicyclic) bond motifs is 1. The van der Waals surface area contributed by atoms with E-state index in [0.717, 1.165) is 55.4 Å². The lowest BCUT2D eigenvalue weighted by Gasteiger charge is -2.32. The molecule has 2 aliphatic heterocycles. The monoisotopic (exact) mass is 425 g/mol. The zero-order chi connectivity index (χ0) is 21.5. The first-order chi connectivity index (χ1) is 15.2. The fourth-order valence-electron chi connectivity index (χ4n) is 4.20. The second-order valence-electron chi connectivity index (χ2n) is 8.14. The van der Waals surface area contributed by atoms with E-state index in [-0.39, 0.29) is 6.03 Å². The van der Waals surface area contributed by atoms with E-state index in [1.54, 1.807) is 13.2 Å². The number of amides is 2. The number of nitrogens with zero attached hydrogens (tertiary/aromatic N) is 1. The van der Waals surface area contributed by atoms with Gasteiger partial charge in [0.05, 0.1) is 7.11 Å². The molecular weight excluding hydrogens is 394 g/mol. The number of nitrogens with one attached hydrogen (secondary N) is 2. The number of methoxy groups -OCH3 is 1. The van der Waals surface area contributed by atoms with Crippen molar-refractivity contribution >= 4 is 11.7 Å². The van der Waals surface area contributed by atoms with Crippen LogP contribution < -0.4 is 24.8 Å². The van der Waals surface area contributed by atoms with Crippen molar-refractivity contribution in [3.63, 3.8) is 0 Å². The highest BCUT2D eigenvalue weighted by Gasteiger charge is 2.20. The summed E-state index contributed by atoms with van der Waals surface area (Å²) in [6.07, 6.45) is 4.45. The molecule has 166 valence electrons. The quantitative estimate of drug-likeness (QED) is 0.628. The van der Waals surface area contributed by atoms with Crippen LogP contribution >= 0.6 is 0 Å². The minimum absolute atomic E-state index is 0.185. The van der Waals surface area contributed by atoms with E-state index >= 15 is 0 Å². The van der Waals surface area contributed by atoms with Gasteiger partial charge in [-0.2, -0.15) is 0 Å². The van der Waals surface area contributed by atoms with Gasteiger partial charge in [-0.1, -0.05) is 12.1 Å². The molecule has 7 nitrogen and oxygen atoms in total. The van der Waals surface area contributed by atoms with Gasteiger partial charge in [-0.15, -0.1) is 0 Å². The molecule has 0 spiro atoms. The molecule has 0 aromatic heterocycles. The molecule has 1 saturated heterocycles. The summed E-state index contributed by atoms with van der Waals surface area (Å²) in [5.74, 6) is 3.16. The molecular formula is C24H31N3O4. The lowest BCUT2D eigenvalue weighted by molar-refractivity contribution is 0.173. The van der Waals surface area contributed by atoms with E-state index in [9.17, 15) is 4.79 Å². The number of urea groups is 1. The molecule has 0 unspecified atom stereocenters. The molecule has 7 heteroatoms. The van der Waals surface area contributed by atoms with Crippen molar-refractivity contribution in [3.05, 3.63) is 48.0 Å². The van der Waals surface area contributed by atoms with Crippen LogP contribution in [-0.4, -0.2) is 51.0 Å². The van der Waals surface area contributed by atoms with Crippen molar-refractivity contribution in [2.75, 3.05) is 45.4 Å². The van der Waals surface area contributed by atoms with Crippen LogP contribution in [0.4, 0.5) is 10.5 Å². The molecule has 2 heterocycles. The number of likely N-dealkylation sites (tertiary alicyclic amines) is 1. The predicted octanol–water partition coefficient (Wildman–Crippen LogP) is 3.89. The molecule has 0 radical (unpaired) electrons. The Morgan fingerprint density at radius 1 is 1.13 bits per heavy atom. The van der Waals surface area contributed by atoms with Crippen LogP contribution in [0, 0.1) is 5.92 Å². The third-order valence-corrected chi connectivity index (χ3v) is 5.93. The van der Waals surface area contributed by atoms with Crippen molar-refractivity contribution < 1.29 is 19.0 Å². The van der Waals surface area contributed by atoms with Crippen LogP contribution in [0.15, 0.2) is 42.5 Å². The van der Waals surface area contributed by atoms with Crippen molar-refractivity contribution in [1.29, 1.82) is 0 Å². The van der Waals surface area contributed by atoms with E-state index in [2.05, 4.69) is 27.7 Å². The van der Waals surface area contributed by atoms with Crippen molar-refractivity contribution in [3.8, 4) is 17.2 Å². The molecule has 4 rings (SSSR count). The Balaban J connectivity index is 1.10. The summed E-state index contributed by atoms with van der Waals surface area (Å²) in [4.78, 5) is 14.6. The molecule has 2 aromatic rings. The molecule has 0 saturated carbocycles.